The van der Waals surface area contributed by atoms with Crippen molar-refractivity contribution in [2.45, 2.75) is 45.6 Å². The lowest BCUT2D eigenvalue weighted by molar-refractivity contribution is -0.135. The summed E-state index contributed by atoms with van der Waals surface area (Å²) < 4.78 is 13.1. The second-order valence-corrected chi connectivity index (χ2v) is 8.48. The number of likely N-dealkylation sites (tertiary alicyclic amines) is 2. The zero-order chi connectivity index (χ0) is 20.1. The molecule has 0 saturated carbocycles. The first-order valence-corrected chi connectivity index (χ1v) is 10.5. The van der Waals surface area contributed by atoms with E-state index in [4.69, 9.17) is 0 Å². The van der Waals surface area contributed by atoms with E-state index in [0.29, 0.717) is 11.5 Å². The molecule has 0 aliphatic carbocycles. The molecule has 2 fully saturated rings. The molecule has 2 heterocycles. The highest BCUT2D eigenvalue weighted by atomic mass is 19.1. The Labute approximate surface area is 167 Å². The highest BCUT2D eigenvalue weighted by molar-refractivity contribution is 5.97. The van der Waals surface area contributed by atoms with Gasteiger partial charge in [0.05, 0.1) is 0 Å². The fraction of sp³-hybridized carbons (Fsp3) is 0.636. The van der Waals surface area contributed by atoms with Crippen LogP contribution in [0.4, 0.5) is 4.39 Å². The van der Waals surface area contributed by atoms with Gasteiger partial charge in [-0.05, 0) is 74.9 Å². The Morgan fingerprint density at radius 3 is 2.25 bits per heavy atom. The van der Waals surface area contributed by atoms with E-state index in [1.807, 2.05) is 18.7 Å². The molecule has 2 aliphatic rings. The van der Waals surface area contributed by atoms with Crippen LogP contribution in [0.1, 0.15) is 49.9 Å². The minimum Gasteiger partial charge on any atom is -0.341 e. The lowest BCUT2D eigenvalue weighted by atomic mass is 9.94. The Morgan fingerprint density at radius 2 is 1.68 bits per heavy atom. The second kappa shape index (κ2) is 9.50. The number of benzene rings is 1. The SMILES string of the molecule is CC(C)[C@H](NC(=O)c1ccc(F)cc1)C(=O)N1CCC(CN2CCCC2)CC1. The molecule has 1 aromatic rings. The van der Waals surface area contributed by atoms with Gasteiger partial charge in [-0.2, -0.15) is 0 Å². The number of hydrogen-bond donors (Lipinski definition) is 1. The average Bonchev–Trinajstić information content (AvgIpc) is 3.19. The largest absolute Gasteiger partial charge is 0.341 e. The van der Waals surface area contributed by atoms with Gasteiger partial charge in [-0.3, -0.25) is 9.59 Å². The van der Waals surface area contributed by atoms with Crippen LogP contribution in [0.5, 0.6) is 0 Å². The molecule has 2 amide bonds. The molecule has 2 saturated heterocycles. The van der Waals surface area contributed by atoms with Crippen molar-refractivity contribution in [1.29, 1.82) is 0 Å². The Kier molecular flexibility index (Phi) is 7.05. The number of rotatable bonds is 6. The van der Waals surface area contributed by atoms with Gasteiger partial charge in [-0.15, -0.1) is 0 Å². The second-order valence-electron chi connectivity index (χ2n) is 8.48. The molecule has 0 radical (unpaired) electrons. The molecule has 0 spiro atoms. The summed E-state index contributed by atoms with van der Waals surface area (Å²) in [5.74, 6) is -0.0847. The summed E-state index contributed by atoms with van der Waals surface area (Å²) in [5, 5.41) is 2.86. The topological polar surface area (TPSA) is 52.7 Å². The zero-order valence-electron chi connectivity index (χ0n) is 17.0. The van der Waals surface area contributed by atoms with E-state index in [2.05, 4.69) is 10.2 Å². The maximum absolute atomic E-state index is 13.1. The number of piperidine rings is 1. The standard InChI is InChI=1S/C22H32FN3O2/c1-16(2)20(24-21(27)18-5-7-19(23)8-6-18)22(28)26-13-9-17(10-14-26)15-25-11-3-4-12-25/h5-8,16-17,20H,3-4,9-15H2,1-2H3,(H,24,27)/t20-/m0/s1. The lowest BCUT2D eigenvalue weighted by Crippen LogP contribution is -2.53. The van der Waals surface area contributed by atoms with E-state index in [9.17, 15) is 14.0 Å². The number of halogens is 1. The summed E-state index contributed by atoms with van der Waals surface area (Å²) in [4.78, 5) is 30.0. The van der Waals surface area contributed by atoms with Crippen LogP contribution in [0, 0.1) is 17.7 Å². The van der Waals surface area contributed by atoms with Crippen molar-refractivity contribution in [3.8, 4) is 0 Å². The first-order chi connectivity index (χ1) is 13.4. The van der Waals surface area contributed by atoms with Gasteiger partial charge in [0.15, 0.2) is 0 Å². The summed E-state index contributed by atoms with van der Waals surface area (Å²) in [6, 6.07) is 4.83. The van der Waals surface area contributed by atoms with Crippen LogP contribution in [0.3, 0.4) is 0 Å². The van der Waals surface area contributed by atoms with E-state index in [1.54, 1.807) is 0 Å². The third kappa shape index (κ3) is 5.31. The van der Waals surface area contributed by atoms with Crippen molar-refractivity contribution in [2.24, 2.45) is 11.8 Å². The van der Waals surface area contributed by atoms with Crippen LogP contribution in [-0.2, 0) is 4.79 Å². The average molecular weight is 390 g/mol. The fourth-order valence-corrected chi connectivity index (χ4v) is 4.20. The van der Waals surface area contributed by atoms with E-state index < -0.39 is 6.04 Å². The van der Waals surface area contributed by atoms with Crippen LogP contribution in [0.15, 0.2) is 24.3 Å². The number of nitrogens with one attached hydrogen (secondary N) is 1. The van der Waals surface area contributed by atoms with Gasteiger partial charge in [-0.25, -0.2) is 4.39 Å². The Hall–Kier alpha value is -1.95. The van der Waals surface area contributed by atoms with Gasteiger partial charge in [0.25, 0.3) is 5.91 Å². The predicted octanol–water partition coefficient (Wildman–Crippen LogP) is 2.91. The molecule has 3 rings (SSSR count). The normalized spacial score (nSPS) is 19.8. The predicted molar refractivity (Wildman–Crippen MR) is 107 cm³/mol. The number of carbonyl (C=O) groups excluding carboxylic acids is 2. The minimum atomic E-state index is -0.562. The van der Waals surface area contributed by atoms with E-state index in [-0.39, 0.29) is 23.5 Å². The van der Waals surface area contributed by atoms with Gasteiger partial charge in [0.2, 0.25) is 5.91 Å². The smallest absolute Gasteiger partial charge is 0.251 e. The third-order valence-electron chi connectivity index (χ3n) is 5.97. The van der Waals surface area contributed by atoms with E-state index >= 15 is 0 Å². The van der Waals surface area contributed by atoms with E-state index in [1.165, 1.54) is 50.2 Å². The molecule has 0 aromatic heterocycles. The van der Waals surface area contributed by atoms with Gasteiger partial charge < -0.3 is 15.1 Å². The maximum atomic E-state index is 13.1. The molecule has 0 unspecified atom stereocenters. The monoisotopic (exact) mass is 389 g/mol. The molecule has 1 N–H and O–H groups in total. The zero-order valence-corrected chi connectivity index (χ0v) is 17.0. The summed E-state index contributed by atoms with van der Waals surface area (Å²) >= 11 is 0. The van der Waals surface area contributed by atoms with Crippen molar-refractivity contribution in [3.05, 3.63) is 35.6 Å². The molecule has 2 aliphatic heterocycles. The molecule has 1 atom stereocenters. The fourth-order valence-electron chi connectivity index (χ4n) is 4.20. The van der Waals surface area contributed by atoms with Crippen LogP contribution < -0.4 is 5.32 Å². The third-order valence-corrected chi connectivity index (χ3v) is 5.97. The molecular weight excluding hydrogens is 357 g/mol. The summed E-state index contributed by atoms with van der Waals surface area (Å²) in [5.41, 5.74) is 0.365. The van der Waals surface area contributed by atoms with Crippen molar-refractivity contribution in [1.82, 2.24) is 15.1 Å². The van der Waals surface area contributed by atoms with Gasteiger partial charge in [0.1, 0.15) is 11.9 Å². The van der Waals surface area contributed by atoms with Gasteiger partial charge >= 0.3 is 0 Å². The molecular formula is C22H32FN3O2. The number of hydrogen-bond acceptors (Lipinski definition) is 3. The van der Waals surface area contributed by atoms with Crippen LogP contribution >= 0.6 is 0 Å². The molecule has 6 heteroatoms. The van der Waals surface area contributed by atoms with Crippen molar-refractivity contribution < 1.29 is 14.0 Å². The number of amides is 2. The van der Waals surface area contributed by atoms with Gasteiger partial charge in [-0.1, -0.05) is 13.8 Å². The van der Waals surface area contributed by atoms with Crippen LogP contribution in [0.25, 0.3) is 0 Å². The molecule has 1 aromatic carbocycles. The number of nitrogens with zero attached hydrogens (tertiary/aromatic N) is 2. The molecule has 154 valence electrons. The lowest BCUT2D eigenvalue weighted by Gasteiger charge is -2.36. The maximum Gasteiger partial charge on any atom is 0.251 e. The van der Waals surface area contributed by atoms with Crippen LogP contribution in [-0.4, -0.2) is 60.4 Å². The van der Waals surface area contributed by atoms with Crippen molar-refractivity contribution >= 4 is 11.8 Å². The minimum absolute atomic E-state index is 0.00918. The van der Waals surface area contributed by atoms with Crippen molar-refractivity contribution in [3.63, 3.8) is 0 Å². The first-order valence-electron chi connectivity index (χ1n) is 10.5. The first kappa shape index (κ1) is 20.8. The quantitative estimate of drug-likeness (QED) is 0.814. The van der Waals surface area contributed by atoms with Crippen LogP contribution in [0.2, 0.25) is 0 Å². The number of carbonyl (C=O) groups is 2. The Balaban J connectivity index is 1.54. The highest BCUT2D eigenvalue weighted by Gasteiger charge is 2.32. The summed E-state index contributed by atoms with van der Waals surface area (Å²) in [6.45, 7) is 8.96. The molecule has 28 heavy (non-hydrogen) atoms. The highest BCUT2D eigenvalue weighted by Crippen LogP contribution is 2.22. The summed E-state index contributed by atoms with van der Waals surface area (Å²) in [6.07, 6.45) is 4.67. The van der Waals surface area contributed by atoms with E-state index in [0.717, 1.165) is 32.5 Å². The van der Waals surface area contributed by atoms with Gasteiger partial charge in [0, 0.05) is 25.2 Å². The Bertz CT molecular complexity index is 663. The Morgan fingerprint density at radius 1 is 1.07 bits per heavy atom. The van der Waals surface area contributed by atoms with Crippen molar-refractivity contribution in [2.75, 3.05) is 32.7 Å². The molecule has 0 bridgehead atoms. The summed E-state index contributed by atoms with van der Waals surface area (Å²) in [7, 11) is 0. The molecule has 5 nitrogen and oxygen atoms in total.